The lowest BCUT2D eigenvalue weighted by molar-refractivity contribution is 0.00940. The first kappa shape index (κ1) is 33.2. The summed E-state index contributed by atoms with van der Waals surface area (Å²) < 4.78 is 29.4. The number of benzene rings is 3. The quantitative estimate of drug-likeness (QED) is 0.149. The van der Waals surface area contributed by atoms with Gasteiger partial charge in [-0.05, 0) is 61.8 Å². The molecule has 0 saturated carbocycles. The van der Waals surface area contributed by atoms with Crippen molar-refractivity contribution in [1.82, 2.24) is 9.80 Å². The summed E-state index contributed by atoms with van der Waals surface area (Å²) in [4.78, 5) is 33.1. The Bertz CT molecular complexity index is 1540. The Morgan fingerprint density at radius 1 is 0.977 bits per heavy atom. The first-order chi connectivity index (χ1) is 20.5. The summed E-state index contributed by atoms with van der Waals surface area (Å²) in [6.07, 6.45) is -0.467. The van der Waals surface area contributed by atoms with Gasteiger partial charge in [0.05, 0.1) is 4.90 Å². The molecule has 0 bridgehead atoms. The minimum atomic E-state index is -3.90. The van der Waals surface area contributed by atoms with Gasteiger partial charge in [-0.2, -0.15) is 4.99 Å². The van der Waals surface area contributed by atoms with Crippen molar-refractivity contribution < 1.29 is 22.7 Å². The summed E-state index contributed by atoms with van der Waals surface area (Å²) in [5, 5.41) is 8.27. The maximum atomic E-state index is 13.2. The average molecular weight is 609 g/mol. The lowest BCUT2D eigenvalue weighted by atomic mass is 10.1. The molecule has 0 saturated heterocycles. The molecule has 1 atom stereocenters. The second-order valence-electron chi connectivity index (χ2n) is 9.87. The van der Waals surface area contributed by atoms with E-state index >= 15 is 0 Å². The van der Waals surface area contributed by atoms with Crippen molar-refractivity contribution in [1.29, 1.82) is 0 Å². The highest BCUT2D eigenvalue weighted by Gasteiger charge is 2.18. The van der Waals surface area contributed by atoms with Crippen LogP contribution in [0.3, 0.4) is 0 Å². The van der Waals surface area contributed by atoms with E-state index in [1.54, 1.807) is 72.5 Å². The molecule has 3 aromatic rings. The van der Waals surface area contributed by atoms with Crippen molar-refractivity contribution in [3.05, 3.63) is 83.9 Å². The van der Waals surface area contributed by atoms with Crippen LogP contribution in [0.2, 0.25) is 0 Å². The molecular formula is C31H40N6O5S. The molecule has 11 nitrogen and oxygen atoms in total. The van der Waals surface area contributed by atoms with Crippen LogP contribution in [0.25, 0.3) is 11.1 Å². The van der Waals surface area contributed by atoms with Gasteiger partial charge in [-0.25, -0.2) is 23.1 Å². The highest BCUT2D eigenvalue weighted by Crippen LogP contribution is 2.27. The standard InChI is InChI=1S/C31H40N6O5S/c1-5-19-37(21-23-11-10-12-25(20-23)29(32)35-31(39)42-22(4)36(6-2)7-3)30(38)34-26-17-15-24(16-18-26)27-13-8-9-14-28(27)43(33,40)41/h8-18,20,22H,5-7,19,21H2,1-4H3,(H,34,38)(H2,32,35,39)(H2,33,40,41). The number of urea groups is 1. The molecule has 12 heteroatoms. The molecule has 3 rings (SSSR count). The summed E-state index contributed by atoms with van der Waals surface area (Å²) in [6, 6.07) is 20.2. The van der Waals surface area contributed by atoms with Crippen LogP contribution < -0.4 is 16.2 Å². The second-order valence-corrected chi connectivity index (χ2v) is 11.4. The Labute approximate surface area is 253 Å². The fraction of sp³-hybridized carbons (Fsp3) is 0.323. The summed E-state index contributed by atoms with van der Waals surface area (Å²) in [5.74, 6) is 0.0224. The number of sulfonamides is 1. The number of nitrogens with two attached hydrogens (primary N) is 2. The molecule has 0 aromatic heterocycles. The largest absolute Gasteiger partial charge is 0.437 e. The minimum Gasteiger partial charge on any atom is -0.429 e. The normalized spacial score (nSPS) is 12.6. The van der Waals surface area contributed by atoms with Crippen LogP contribution in [-0.4, -0.2) is 62.0 Å². The molecule has 43 heavy (non-hydrogen) atoms. The number of carbonyl (C=O) groups is 2. The molecule has 0 fully saturated rings. The summed E-state index contributed by atoms with van der Waals surface area (Å²) in [7, 11) is -3.90. The van der Waals surface area contributed by atoms with E-state index < -0.39 is 22.3 Å². The number of hydrogen-bond donors (Lipinski definition) is 3. The SMILES string of the molecule is CCCN(Cc1cccc(C(N)=NC(=O)OC(C)N(CC)CC)c1)C(=O)Nc1ccc(-c2ccccc2S(N)(=O)=O)cc1. The molecule has 0 aliphatic carbocycles. The van der Waals surface area contributed by atoms with E-state index in [1.807, 2.05) is 31.7 Å². The van der Waals surface area contributed by atoms with Crippen molar-refractivity contribution in [2.24, 2.45) is 15.9 Å². The minimum absolute atomic E-state index is 0.0224. The molecular weight excluding hydrogens is 568 g/mol. The van der Waals surface area contributed by atoms with Crippen LogP contribution in [0.15, 0.2) is 82.7 Å². The molecule has 0 radical (unpaired) electrons. The zero-order chi connectivity index (χ0) is 31.6. The number of nitrogens with zero attached hydrogens (tertiary/aromatic N) is 3. The van der Waals surface area contributed by atoms with Gasteiger partial charge in [-0.3, -0.25) is 4.90 Å². The highest BCUT2D eigenvalue weighted by molar-refractivity contribution is 7.89. The van der Waals surface area contributed by atoms with Crippen LogP contribution in [-0.2, 0) is 21.3 Å². The molecule has 230 valence electrons. The Kier molecular flexibility index (Phi) is 11.8. The third kappa shape index (κ3) is 9.37. The van der Waals surface area contributed by atoms with E-state index in [2.05, 4.69) is 10.3 Å². The van der Waals surface area contributed by atoms with Gasteiger partial charge in [0.2, 0.25) is 10.0 Å². The Balaban J connectivity index is 1.71. The van der Waals surface area contributed by atoms with Crippen LogP contribution in [0, 0.1) is 0 Å². The summed E-state index contributed by atoms with van der Waals surface area (Å²) in [6.45, 7) is 9.98. The third-order valence-electron chi connectivity index (χ3n) is 6.83. The van der Waals surface area contributed by atoms with E-state index in [0.29, 0.717) is 35.5 Å². The predicted molar refractivity (Wildman–Crippen MR) is 169 cm³/mol. The molecule has 0 spiro atoms. The number of anilines is 1. The van der Waals surface area contributed by atoms with Crippen molar-refractivity contribution in [3.8, 4) is 11.1 Å². The number of carbonyl (C=O) groups excluding carboxylic acids is 2. The lowest BCUT2D eigenvalue weighted by Crippen LogP contribution is -2.36. The molecule has 1 unspecified atom stereocenters. The number of amidine groups is 1. The smallest absolute Gasteiger partial charge is 0.429 e. The predicted octanol–water partition coefficient (Wildman–Crippen LogP) is 4.97. The van der Waals surface area contributed by atoms with Gasteiger partial charge in [0.15, 0.2) is 6.23 Å². The van der Waals surface area contributed by atoms with Crippen molar-refractivity contribution in [3.63, 3.8) is 0 Å². The first-order valence-corrected chi connectivity index (χ1v) is 15.7. The van der Waals surface area contributed by atoms with E-state index in [0.717, 1.165) is 25.1 Å². The number of nitrogens with one attached hydrogen (secondary N) is 1. The number of ether oxygens (including phenoxy) is 1. The summed E-state index contributed by atoms with van der Waals surface area (Å²) in [5.41, 5.74) is 9.14. The average Bonchev–Trinajstić information content (AvgIpc) is 2.97. The molecule has 0 aliphatic rings. The number of rotatable bonds is 12. The van der Waals surface area contributed by atoms with E-state index in [1.165, 1.54) is 6.07 Å². The van der Waals surface area contributed by atoms with Gasteiger partial charge >= 0.3 is 12.1 Å². The van der Waals surface area contributed by atoms with Crippen LogP contribution >= 0.6 is 0 Å². The van der Waals surface area contributed by atoms with E-state index in [9.17, 15) is 18.0 Å². The van der Waals surface area contributed by atoms with E-state index in [-0.39, 0.29) is 16.8 Å². The maximum Gasteiger partial charge on any atom is 0.437 e. The zero-order valence-corrected chi connectivity index (χ0v) is 25.8. The monoisotopic (exact) mass is 608 g/mol. The Morgan fingerprint density at radius 3 is 2.28 bits per heavy atom. The van der Waals surface area contributed by atoms with Crippen LogP contribution in [0.4, 0.5) is 15.3 Å². The Morgan fingerprint density at radius 2 is 1.65 bits per heavy atom. The van der Waals surface area contributed by atoms with Crippen LogP contribution in [0.5, 0.6) is 0 Å². The van der Waals surface area contributed by atoms with Gasteiger partial charge in [-0.15, -0.1) is 0 Å². The number of aliphatic imine (C=N–C) groups is 1. The number of primary sulfonamides is 1. The molecule has 3 amide bonds. The maximum absolute atomic E-state index is 13.2. The van der Waals surface area contributed by atoms with Gasteiger partial charge in [0.1, 0.15) is 5.84 Å². The van der Waals surface area contributed by atoms with E-state index in [4.69, 9.17) is 15.6 Å². The second kappa shape index (κ2) is 15.3. The van der Waals surface area contributed by atoms with Gasteiger partial charge < -0.3 is 20.7 Å². The third-order valence-corrected chi connectivity index (χ3v) is 7.80. The fourth-order valence-corrected chi connectivity index (χ4v) is 5.37. The van der Waals surface area contributed by atoms with Crippen LogP contribution in [0.1, 0.15) is 45.2 Å². The first-order valence-electron chi connectivity index (χ1n) is 14.1. The molecule has 5 N–H and O–H groups in total. The summed E-state index contributed by atoms with van der Waals surface area (Å²) >= 11 is 0. The van der Waals surface area contributed by atoms with Gasteiger partial charge in [-0.1, -0.05) is 69.3 Å². The zero-order valence-electron chi connectivity index (χ0n) is 25.0. The van der Waals surface area contributed by atoms with Gasteiger partial charge in [0, 0.05) is 29.9 Å². The van der Waals surface area contributed by atoms with Crippen molar-refractivity contribution >= 4 is 33.7 Å². The lowest BCUT2D eigenvalue weighted by Gasteiger charge is -2.25. The highest BCUT2D eigenvalue weighted by atomic mass is 32.2. The molecule has 0 heterocycles. The molecule has 3 aromatic carbocycles. The van der Waals surface area contributed by atoms with Crippen molar-refractivity contribution in [2.45, 2.75) is 51.8 Å². The number of hydrogen-bond acceptors (Lipinski definition) is 6. The van der Waals surface area contributed by atoms with Crippen molar-refractivity contribution in [2.75, 3.05) is 25.0 Å². The molecule has 0 aliphatic heterocycles. The van der Waals surface area contributed by atoms with Gasteiger partial charge in [0.25, 0.3) is 0 Å². The fourth-order valence-electron chi connectivity index (χ4n) is 4.61. The Hall–Kier alpha value is -4.26. The number of amides is 3. The topological polar surface area (TPSA) is 160 Å².